The molecule has 0 bridgehead atoms. The van der Waals surface area contributed by atoms with Gasteiger partial charge in [-0.1, -0.05) is 156 Å². The Labute approximate surface area is 548 Å². The fourth-order valence-electron chi connectivity index (χ4n) is 14.2. The SMILES string of the molecule is CCCCCC1C(=O)CCC1CC(=O)OCC=C(C)C.CCCCCC1C(=O)CCC1CC(=O)OCCC.CCCCCC1C(O)CCC1CC(=O)OCC=C(C)C.CCCCCC1C(O)CCC1CC(=O)OCCC.CCCCCC1C(O)CCC1CCO. The molecule has 0 radical (unpaired) electrons. The van der Waals surface area contributed by atoms with E-state index in [1.165, 1.54) is 70.6 Å². The third kappa shape index (κ3) is 37.4. The molecule has 13 atom stereocenters. The van der Waals surface area contributed by atoms with Crippen LogP contribution in [0.25, 0.3) is 0 Å². The largest absolute Gasteiger partial charge is 0.466 e. The molecule has 5 saturated carbocycles. The number of hydrogen-bond donors (Lipinski definition) is 4. The summed E-state index contributed by atoms with van der Waals surface area (Å²) in [5.41, 5.74) is 2.30. The van der Waals surface area contributed by atoms with Gasteiger partial charge in [-0.15, -0.1) is 0 Å². The van der Waals surface area contributed by atoms with Gasteiger partial charge in [-0.2, -0.15) is 0 Å². The molecule has 0 aromatic heterocycles. The lowest BCUT2D eigenvalue weighted by atomic mass is 9.87. The minimum absolute atomic E-state index is 0.0866. The van der Waals surface area contributed by atoms with Crippen LogP contribution in [0.4, 0.5) is 0 Å². The number of carbonyl (C=O) groups is 6. The Bertz CT molecular complexity index is 1950. The van der Waals surface area contributed by atoms with Crippen LogP contribution in [0.1, 0.15) is 314 Å². The van der Waals surface area contributed by atoms with Crippen molar-refractivity contribution in [1.29, 1.82) is 0 Å². The zero-order valence-corrected chi connectivity index (χ0v) is 59.2. The van der Waals surface area contributed by atoms with E-state index in [1.807, 2.05) is 53.7 Å². The molecule has 13 unspecified atom stereocenters. The highest BCUT2D eigenvalue weighted by atomic mass is 16.5. The average molecular weight is 1270 g/mol. The summed E-state index contributed by atoms with van der Waals surface area (Å²) in [4.78, 5) is 70.6. The number of allylic oxidation sites excluding steroid dienone is 2. The minimum atomic E-state index is -0.220. The molecule has 14 heteroatoms. The molecule has 0 spiro atoms. The second-order valence-electron chi connectivity index (χ2n) is 27.6. The van der Waals surface area contributed by atoms with Crippen LogP contribution < -0.4 is 0 Å². The number of aliphatic hydroxyl groups excluding tert-OH is 4. The highest BCUT2D eigenvalue weighted by Gasteiger charge is 2.39. The Morgan fingerprint density at radius 2 is 0.678 bits per heavy atom. The Kier molecular flexibility index (Phi) is 49.7. The van der Waals surface area contributed by atoms with Gasteiger partial charge in [0, 0.05) is 57.0 Å². The van der Waals surface area contributed by atoms with Gasteiger partial charge < -0.3 is 39.4 Å². The van der Waals surface area contributed by atoms with E-state index in [-0.39, 0.29) is 78.4 Å². The van der Waals surface area contributed by atoms with Gasteiger partial charge in [0.2, 0.25) is 0 Å². The van der Waals surface area contributed by atoms with Crippen LogP contribution in [-0.2, 0) is 47.7 Å². The van der Waals surface area contributed by atoms with E-state index in [0.29, 0.717) is 106 Å². The molecule has 5 aliphatic carbocycles. The van der Waals surface area contributed by atoms with Crippen LogP contribution in [0.5, 0.6) is 0 Å². The first-order chi connectivity index (χ1) is 43.2. The van der Waals surface area contributed by atoms with Gasteiger partial charge in [0.25, 0.3) is 0 Å². The molecule has 14 nitrogen and oxygen atoms in total. The molecule has 90 heavy (non-hydrogen) atoms. The number of carbonyl (C=O) groups excluding carboxylic acids is 6. The summed E-state index contributed by atoms with van der Waals surface area (Å²) in [5, 5.41) is 38.8. The molecule has 0 aliphatic heterocycles. The number of rotatable bonds is 38. The maximum atomic E-state index is 11.9. The minimum Gasteiger partial charge on any atom is -0.466 e. The van der Waals surface area contributed by atoms with E-state index in [2.05, 4.69) is 34.6 Å². The highest BCUT2D eigenvalue weighted by molar-refractivity contribution is 5.85. The van der Waals surface area contributed by atoms with E-state index >= 15 is 0 Å². The summed E-state index contributed by atoms with van der Waals surface area (Å²) in [6.07, 6.45) is 39.3. The van der Waals surface area contributed by atoms with Gasteiger partial charge in [-0.05, 0) is 190 Å². The first kappa shape index (κ1) is 84.6. The molecule has 5 fully saturated rings. The van der Waals surface area contributed by atoms with Crippen molar-refractivity contribution in [1.82, 2.24) is 0 Å². The number of hydrogen-bond acceptors (Lipinski definition) is 14. The molecule has 4 N–H and O–H groups in total. The summed E-state index contributed by atoms with van der Waals surface area (Å²) >= 11 is 0. The van der Waals surface area contributed by atoms with Crippen molar-refractivity contribution < 1.29 is 68.1 Å². The second kappa shape index (κ2) is 52.9. The van der Waals surface area contributed by atoms with Crippen molar-refractivity contribution in [2.24, 2.45) is 59.2 Å². The monoisotopic (exact) mass is 1270 g/mol. The highest BCUT2D eigenvalue weighted by Crippen LogP contribution is 2.41. The predicted molar refractivity (Wildman–Crippen MR) is 363 cm³/mol. The number of Topliss-reactive ketones (excluding diaryl/α,β-unsaturated/α-hetero) is 2. The van der Waals surface area contributed by atoms with Crippen molar-refractivity contribution in [2.75, 3.05) is 33.0 Å². The Hall–Kier alpha value is -3.46. The van der Waals surface area contributed by atoms with Crippen molar-refractivity contribution in [2.45, 2.75) is 332 Å². The molecule has 0 heterocycles. The number of unbranched alkanes of at least 4 members (excludes halogenated alkanes) is 10. The lowest BCUT2D eigenvalue weighted by molar-refractivity contribution is -0.146. The third-order valence-corrected chi connectivity index (χ3v) is 19.6. The number of ether oxygens (including phenoxy) is 4. The fourth-order valence-corrected chi connectivity index (χ4v) is 14.2. The molecule has 0 aromatic rings. The van der Waals surface area contributed by atoms with E-state index in [9.17, 15) is 44.1 Å². The van der Waals surface area contributed by atoms with E-state index in [1.54, 1.807) is 0 Å². The van der Waals surface area contributed by atoms with Gasteiger partial charge in [0.15, 0.2) is 0 Å². The Morgan fingerprint density at radius 1 is 0.378 bits per heavy atom. The molecule has 0 amide bonds. The normalized spacial score (nSPS) is 25.7. The summed E-state index contributed by atoms with van der Waals surface area (Å²) < 4.78 is 20.7. The molecule has 0 saturated heterocycles. The zero-order chi connectivity index (χ0) is 67.1. The quantitative estimate of drug-likeness (QED) is 0.0196. The topological polar surface area (TPSA) is 220 Å². The molecule has 5 rings (SSSR count). The number of esters is 4. The maximum absolute atomic E-state index is 11.9. The Morgan fingerprint density at radius 3 is 0.989 bits per heavy atom. The fraction of sp³-hybridized carbons (Fsp3) is 0.868. The third-order valence-electron chi connectivity index (χ3n) is 19.6. The molecule has 5 aliphatic rings. The lowest BCUT2D eigenvalue weighted by Gasteiger charge is -2.21. The summed E-state index contributed by atoms with van der Waals surface area (Å²) in [6, 6.07) is 0. The number of ketones is 2. The van der Waals surface area contributed by atoms with Crippen LogP contribution in [0.15, 0.2) is 23.3 Å². The predicted octanol–water partition coefficient (Wildman–Crippen LogP) is 17.1. The Balaban J connectivity index is 0.000000565. The van der Waals surface area contributed by atoms with Crippen LogP contribution >= 0.6 is 0 Å². The molecular formula is C76H136O14. The number of aliphatic hydroxyl groups is 4. The van der Waals surface area contributed by atoms with Crippen LogP contribution in [0.3, 0.4) is 0 Å². The summed E-state index contributed by atoms with van der Waals surface area (Å²) in [7, 11) is 0. The van der Waals surface area contributed by atoms with Crippen LogP contribution in [-0.4, -0.2) is 107 Å². The van der Waals surface area contributed by atoms with E-state index in [4.69, 9.17) is 24.1 Å². The van der Waals surface area contributed by atoms with Crippen LogP contribution in [0, 0.1) is 59.2 Å². The van der Waals surface area contributed by atoms with Gasteiger partial charge in [0.1, 0.15) is 24.8 Å². The first-order valence-corrected chi connectivity index (χ1v) is 36.8. The lowest BCUT2D eigenvalue weighted by Crippen LogP contribution is -2.22. The van der Waals surface area contributed by atoms with Crippen molar-refractivity contribution in [3.8, 4) is 0 Å². The molecule has 0 aromatic carbocycles. The van der Waals surface area contributed by atoms with Crippen molar-refractivity contribution >= 4 is 35.4 Å². The van der Waals surface area contributed by atoms with Crippen molar-refractivity contribution in [3.63, 3.8) is 0 Å². The van der Waals surface area contributed by atoms with Gasteiger partial charge >= 0.3 is 23.9 Å². The van der Waals surface area contributed by atoms with Gasteiger partial charge in [0.05, 0.1) is 31.5 Å². The molecular weight excluding hydrogens is 1140 g/mol. The average Bonchev–Trinajstić information content (AvgIpc) is 4.54. The second-order valence-corrected chi connectivity index (χ2v) is 27.6. The van der Waals surface area contributed by atoms with E-state index in [0.717, 1.165) is 140 Å². The summed E-state index contributed by atoms with van der Waals surface area (Å²) in [6.45, 7) is 24.8. The van der Waals surface area contributed by atoms with E-state index < -0.39 is 0 Å². The maximum Gasteiger partial charge on any atom is 0.306 e. The summed E-state index contributed by atoms with van der Waals surface area (Å²) in [5.74, 6) is 3.15. The molecule has 524 valence electrons. The van der Waals surface area contributed by atoms with Crippen molar-refractivity contribution in [3.05, 3.63) is 23.3 Å². The van der Waals surface area contributed by atoms with Gasteiger partial charge in [-0.3, -0.25) is 28.8 Å². The van der Waals surface area contributed by atoms with Crippen LogP contribution in [0.2, 0.25) is 0 Å². The first-order valence-electron chi connectivity index (χ1n) is 36.8. The smallest absolute Gasteiger partial charge is 0.306 e. The standard InChI is InChI=1S/C17H30O3.C17H28O3.C15H28O3.C15H26O3.C12H24O2/c2*1-4-5-6-7-15-14(8-9-16(15)18)12-17(19)20-11-10-13(2)3;2*1-3-5-6-7-13-12(8-9-14(13)16)11-15(17)18-10-4-2;1-2-3-4-5-11-10(8-9-13)6-7-12(11)14/h10,14-16,18H,4-9,11-12H2,1-3H3;10,14-15H,4-9,11-12H2,1-3H3;12-14,16H,3-11H2,1-2H3;12-13H,3-11H2,1-2H3;10-14H,2-9H2,1H3. The zero-order valence-electron chi connectivity index (χ0n) is 59.2. The van der Waals surface area contributed by atoms with Gasteiger partial charge in [-0.25, -0.2) is 0 Å².